The molecule has 0 aliphatic heterocycles. The van der Waals surface area contributed by atoms with Crippen LogP contribution < -0.4 is 5.32 Å². The van der Waals surface area contributed by atoms with E-state index in [1.807, 2.05) is 0 Å². The number of nitrogens with one attached hydrogen (secondary N) is 1. The number of benzene rings is 2. The summed E-state index contributed by atoms with van der Waals surface area (Å²) in [6.07, 6.45) is 0. The van der Waals surface area contributed by atoms with E-state index in [0.717, 1.165) is 14.7 Å². The zero-order valence-electron chi connectivity index (χ0n) is 14.6. The maximum absolute atomic E-state index is 13.0. The van der Waals surface area contributed by atoms with E-state index in [1.165, 1.54) is 49.7 Å². The topological polar surface area (TPSA) is 66.5 Å². The molecule has 0 bridgehead atoms. The van der Waals surface area contributed by atoms with Gasteiger partial charge >= 0.3 is 0 Å². The lowest BCUT2D eigenvalue weighted by Crippen LogP contribution is -2.22. The first-order valence-corrected chi connectivity index (χ1v) is 10.2. The second-order valence-electron chi connectivity index (χ2n) is 5.94. The third-order valence-electron chi connectivity index (χ3n) is 3.83. The molecule has 5 nitrogen and oxygen atoms in total. The molecule has 8 heteroatoms. The largest absolute Gasteiger partial charge is 0.321 e. The van der Waals surface area contributed by atoms with Gasteiger partial charge in [0.1, 0.15) is 5.82 Å². The highest BCUT2D eigenvalue weighted by molar-refractivity contribution is 7.89. The summed E-state index contributed by atoms with van der Waals surface area (Å²) >= 11 is 1.27. The van der Waals surface area contributed by atoms with Crippen molar-refractivity contribution in [3.8, 4) is 10.4 Å². The van der Waals surface area contributed by atoms with Crippen molar-refractivity contribution in [1.29, 1.82) is 0 Å². The molecule has 0 fully saturated rings. The maximum atomic E-state index is 13.0. The molecule has 0 unspecified atom stereocenters. The van der Waals surface area contributed by atoms with Crippen molar-refractivity contribution in [2.45, 2.75) is 4.90 Å². The van der Waals surface area contributed by atoms with Gasteiger partial charge < -0.3 is 5.32 Å². The Bertz CT molecular complexity index is 1070. The highest BCUT2D eigenvalue weighted by Crippen LogP contribution is 2.29. The number of rotatable bonds is 5. The van der Waals surface area contributed by atoms with Crippen molar-refractivity contribution >= 4 is 33.0 Å². The van der Waals surface area contributed by atoms with Crippen molar-refractivity contribution in [3.05, 3.63) is 71.4 Å². The molecule has 0 aliphatic carbocycles. The summed E-state index contributed by atoms with van der Waals surface area (Å²) in [5.74, 6) is -0.659. The van der Waals surface area contributed by atoms with Crippen LogP contribution in [0.3, 0.4) is 0 Å². The minimum Gasteiger partial charge on any atom is -0.321 e. The highest BCUT2D eigenvalue weighted by Gasteiger charge is 2.18. The molecule has 1 heterocycles. The number of anilines is 1. The summed E-state index contributed by atoms with van der Waals surface area (Å²) in [6.45, 7) is 0. The zero-order chi connectivity index (χ0) is 19.6. The van der Waals surface area contributed by atoms with E-state index >= 15 is 0 Å². The van der Waals surface area contributed by atoms with E-state index in [4.69, 9.17) is 0 Å². The lowest BCUT2D eigenvalue weighted by atomic mass is 10.2. The minimum absolute atomic E-state index is 0.100. The van der Waals surface area contributed by atoms with Crippen molar-refractivity contribution in [3.63, 3.8) is 0 Å². The van der Waals surface area contributed by atoms with Gasteiger partial charge in [-0.3, -0.25) is 4.79 Å². The fraction of sp³-hybridized carbons (Fsp3) is 0.105. The second-order valence-corrected chi connectivity index (χ2v) is 9.18. The van der Waals surface area contributed by atoms with E-state index in [2.05, 4.69) is 5.32 Å². The van der Waals surface area contributed by atoms with E-state index in [9.17, 15) is 17.6 Å². The molecule has 0 aliphatic rings. The van der Waals surface area contributed by atoms with Crippen LogP contribution >= 0.6 is 11.3 Å². The Labute approximate surface area is 161 Å². The Balaban J connectivity index is 1.79. The van der Waals surface area contributed by atoms with Crippen LogP contribution in [0.1, 0.15) is 9.67 Å². The molecule has 0 atom stereocenters. The Morgan fingerprint density at radius 2 is 1.74 bits per heavy atom. The molecule has 140 valence electrons. The van der Waals surface area contributed by atoms with Gasteiger partial charge in [0.2, 0.25) is 10.0 Å². The molecular weight excluding hydrogens is 387 g/mol. The number of amides is 1. The van der Waals surface area contributed by atoms with Gasteiger partial charge in [0.05, 0.1) is 9.77 Å². The standard InChI is InChI=1S/C19H17FN2O3S2/c1-22(2)27(24,25)16-5-3-4-15(12-16)21-19(23)18-11-10-17(26-18)13-6-8-14(20)9-7-13/h3-12H,1-2H3,(H,21,23). The average molecular weight is 404 g/mol. The van der Waals surface area contributed by atoms with Crippen LogP contribution in [0, 0.1) is 5.82 Å². The van der Waals surface area contributed by atoms with Gasteiger partial charge in [0.15, 0.2) is 0 Å². The predicted octanol–water partition coefficient (Wildman–Crippen LogP) is 4.06. The van der Waals surface area contributed by atoms with E-state index < -0.39 is 10.0 Å². The number of carbonyl (C=O) groups is 1. The monoisotopic (exact) mass is 404 g/mol. The van der Waals surface area contributed by atoms with Crippen LogP contribution in [0.5, 0.6) is 0 Å². The van der Waals surface area contributed by atoms with E-state index in [-0.39, 0.29) is 16.6 Å². The lowest BCUT2D eigenvalue weighted by molar-refractivity contribution is 0.103. The van der Waals surface area contributed by atoms with Crippen LogP contribution in [0.25, 0.3) is 10.4 Å². The fourth-order valence-corrected chi connectivity index (χ4v) is 4.22. The molecule has 2 aromatic carbocycles. The maximum Gasteiger partial charge on any atom is 0.265 e. The van der Waals surface area contributed by atoms with E-state index in [0.29, 0.717) is 10.6 Å². The first-order chi connectivity index (χ1) is 12.8. The summed E-state index contributed by atoms with van der Waals surface area (Å²) < 4.78 is 38.6. The highest BCUT2D eigenvalue weighted by atomic mass is 32.2. The van der Waals surface area contributed by atoms with Crippen LogP contribution in [0.2, 0.25) is 0 Å². The molecule has 27 heavy (non-hydrogen) atoms. The lowest BCUT2D eigenvalue weighted by Gasteiger charge is -2.12. The van der Waals surface area contributed by atoms with E-state index in [1.54, 1.807) is 36.4 Å². The average Bonchev–Trinajstić information content (AvgIpc) is 3.12. The molecule has 0 spiro atoms. The van der Waals surface area contributed by atoms with Crippen molar-refractivity contribution < 1.29 is 17.6 Å². The van der Waals surface area contributed by atoms with Gasteiger partial charge in [0, 0.05) is 24.7 Å². The summed E-state index contributed by atoms with van der Waals surface area (Å²) in [6, 6.07) is 15.6. The number of halogens is 1. The SMILES string of the molecule is CN(C)S(=O)(=O)c1cccc(NC(=O)c2ccc(-c3ccc(F)cc3)s2)c1. The normalized spacial score (nSPS) is 11.6. The third-order valence-corrected chi connectivity index (χ3v) is 6.77. The first kappa shape index (κ1) is 19.2. The Hall–Kier alpha value is -2.55. The molecule has 1 aromatic heterocycles. The van der Waals surface area contributed by atoms with Crippen molar-refractivity contribution in [1.82, 2.24) is 4.31 Å². The van der Waals surface area contributed by atoms with Crippen molar-refractivity contribution in [2.24, 2.45) is 0 Å². The van der Waals surface area contributed by atoms with Crippen LogP contribution in [-0.2, 0) is 10.0 Å². The van der Waals surface area contributed by atoms with Gasteiger partial charge in [-0.05, 0) is 48.0 Å². The molecule has 3 rings (SSSR count). The van der Waals surface area contributed by atoms with Crippen LogP contribution in [0.4, 0.5) is 10.1 Å². The van der Waals surface area contributed by atoms with Crippen molar-refractivity contribution in [2.75, 3.05) is 19.4 Å². The first-order valence-electron chi connectivity index (χ1n) is 7.97. The predicted molar refractivity (Wildman–Crippen MR) is 105 cm³/mol. The number of thiophene rings is 1. The van der Waals surface area contributed by atoms with Gasteiger partial charge in [-0.25, -0.2) is 17.1 Å². The Kier molecular flexibility index (Phi) is 5.41. The molecule has 0 saturated heterocycles. The Morgan fingerprint density at radius 1 is 1.04 bits per heavy atom. The number of hydrogen-bond acceptors (Lipinski definition) is 4. The molecule has 3 aromatic rings. The van der Waals surface area contributed by atoms with Crippen LogP contribution in [0.15, 0.2) is 65.6 Å². The number of hydrogen-bond donors (Lipinski definition) is 1. The second kappa shape index (κ2) is 7.59. The minimum atomic E-state index is -3.58. The molecule has 1 N–H and O–H groups in total. The number of nitrogens with zero attached hydrogens (tertiary/aromatic N) is 1. The molecule has 0 saturated carbocycles. The van der Waals surface area contributed by atoms with Crippen LogP contribution in [-0.4, -0.2) is 32.7 Å². The zero-order valence-corrected chi connectivity index (χ0v) is 16.3. The van der Waals surface area contributed by atoms with Gasteiger partial charge in [-0.1, -0.05) is 18.2 Å². The fourth-order valence-electron chi connectivity index (χ4n) is 2.37. The molecular formula is C19H17FN2O3S2. The number of sulfonamides is 1. The summed E-state index contributed by atoms with van der Waals surface area (Å²) in [7, 11) is -0.686. The third kappa shape index (κ3) is 4.24. The quantitative estimate of drug-likeness (QED) is 0.697. The van der Waals surface area contributed by atoms with Gasteiger partial charge in [0.25, 0.3) is 5.91 Å². The van der Waals surface area contributed by atoms with Gasteiger partial charge in [-0.2, -0.15) is 0 Å². The summed E-state index contributed by atoms with van der Waals surface area (Å²) in [5, 5.41) is 2.71. The van der Waals surface area contributed by atoms with Gasteiger partial charge in [-0.15, -0.1) is 11.3 Å². The summed E-state index contributed by atoms with van der Waals surface area (Å²) in [4.78, 5) is 13.9. The Morgan fingerprint density at radius 3 is 2.41 bits per heavy atom. The number of carbonyl (C=O) groups excluding carboxylic acids is 1. The molecule has 0 radical (unpaired) electrons. The summed E-state index contributed by atoms with van der Waals surface area (Å²) in [5.41, 5.74) is 1.21. The smallest absolute Gasteiger partial charge is 0.265 e. The molecule has 1 amide bonds.